The number of carbonyl (C=O) groups excluding carboxylic acids is 2. The highest BCUT2D eigenvalue weighted by atomic mass is 16.5. The highest BCUT2D eigenvalue weighted by Gasteiger charge is 2.23. The molecule has 2 aromatic carbocycles. The van der Waals surface area contributed by atoms with E-state index in [-0.39, 0.29) is 11.4 Å². The minimum Gasteiger partial charge on any atom is -0.481 e. The largest absolute Gasteiger partial charge is 0.481 e. The number of nitrogens with one attached hydrogen (secondary N) is 1. The summed E-state index contributed by atoms with van der Waals surface area (Å²) >= 11 is 0. The molecule has 3 N–H and O–H groups in total. The van der Waals surface area contributed by atoms with Crippen molar-refractivity contribution in [2.75, 3.05) is 5.32 Å². The molecule has 0 radical (unpaired) electrons. The fraction of sp³-hybridized carbons (Fsp3) is 0.111. The van der Waals surface area contributed by atoms with Gasteiger partial charge in [-0.3, -0.25) is 9.59 Å². The summed E-state index contributed by atoms with van der Waals surface area (Å²) in [6.45, 7) is 1.62. The van der Waals surface area contributed by atoms with Crippen LogP contribution in [0.1, 0.15) is 17.5 Å². The van der Waals surface area contributed by atoms with Gasteiger partial charge < -0.3 is 20.2 Å². The van der Waals surface area contributed by atoms with Crippen LogP contribution in [-0.2, 0) is 4.79 Å². The van der Waals surface area contributed by atoms with Crippen LogP contribution in [-0.4, -0.2) is 17.9 Å². The minimum absolute atomic E-state index is 0.0866. The summed E-state index contributed by atoms with van der Waals surface area (Å²) in [5.74, 6) is -0.671. The number of anilines is 1. The van der Waals surface area contributed by atoms with Crippen LogP contribution in [0.2, 0.25) is 0 Å². The van der Waals surface area contributed by atoms with Crippen LogP contribution in [0.3, 0.4) is 0 Å². The van der Waals surface area contributed by atoms with E-state index in [1.807, 2.05) is 18.2 Å². The second kappa shape index (κ2) is 6.45. The molecule has 0 saturated heterocycles. The lowest BCUT2D eigenvalue weighted by molar-refractivity contribution is -0.122. The Labute approximate surface area is 138 Å². The van der Waals surface area contributed by atoms with Gasteiger partial charge in [0.05, 0.1) is 0 Å². The van der Waals surface area contributed by atoms with E-state index >= 15 is 0 Å². The number of ether oxygens (including phenoxy) is 1. The summed E-state index contributed by atoms with van der Waals surface area (Å²) < 4.78 is 11.0. The molecule has 0 bridgehead atoms. The minimum atomic E-state index is -0.762. The molecule has 6 nitrogen and oxygen atoms in total. The lowest BCUT2D eigenvalue weighted by Crippen LogP contribution is -2.30. The number of fused-ring (bicyclic) bond motifs is 1. The van der Waals surface area contributed by atoms with Crippen LogP contribution in [0.4, 0.5) is 5.69 Å². The Morgan fingerprint density at radius 2 is 1.75 bits per heavy atom. The van der Waals surface area contributed by atoms with Gasteiger partial charge in [-0.1, -0.05) is 30.3 Å². The first-order valence-corrected chi connectivity index (χ1v) is 7.40. The molecule has 1 atom stereocenters. The molecule has 6 heteroatoms. The third kappa shape index (κ3) is 3.08. The maximum absolute atomic E-state index is 12.4. The number of hydrogen-bond acceptors (Lipinski definition) is 4. The first kappa shape index (κ1) is 15.6. The number of amides is 2. The molecule has 0 aliphatic carbocycles. The second-order valence-electron chi connectivity index (χ2n) is 5.23. The third-order valence-electron chi connectivity index (χ3n) is 3.49. The fourth-order valence-corrected chi connectivity index (χ4v) is 2.32. The Hall–Kier alpha value is -3.28. The van der Waals surface area contributed by atoms with Crippen molar-refractivity contribution >= 4 is 28.5 Å². The quantitative estimate of drug-likeness (QED) is 0.754. The topological polar surface area (TPSA) is 94.6 Å². The number of rotatable bonds is 5. The molecule has 0 aliphatic heterocycles. The van der Waals surface area contributed by atoms with Crippen LogP contribution in [0.15, 0.2) is 59.0 Å². The van der Waals surface area contributed by atoms with Crippen molar-refractivity contribution in [3.05, 3.63) is 60.4 Å². The fourth-order valence-electron chi connectivity index (χ4n) is 2.32. The number of benzene rings is 2. The normalized spacial score (nSPS) is 11.9. The van der Waals surface area contributed by atoms with Crippen LogP contribution >= 0.6 is 0 Å². The summed E-state index contributed by atoms with van der Waals surface area (Å²) in [7, 11) is 0. The zero-order valence-corrected chi connectivity index (χ0v) is 13.0. The summed E-state index contributed by atoms with van der Waals surface area (Å²) in [4.78, 5) is 24.0. The zero-order chi connectivity index (χ0) is 17.1. The molecule has 0 spiro atoms. The van der Waals surface area contributed by atoms with Gasteiger partial charge in [-0.15, -0.1) is 0 Å². The third-order valence-corrected chi connectivity index (χ3v) is 3.49. The van der Waals surface area contributed by atoms with E-state index in [1.165, 1.54) is 0 Å². The first-order valence-electron chi connectivity index (χ1n) is 7.40. The highest BCUT2D eigenvalue weighted by Crippen LogP contribution is 2.30. The van der Waals surface area contributed by atoms with Gasteiger partial charge in [-0.25, -0.2) is 0 Å². The van der Waals surface area contributed by atoms with E-state index in [0.717, 1.165) is 0 Å². The highest BCUT2D eigenvalue weighted by molar-refractivity contribution is 6.11. The van der Waals surface area contributed by atoms with Crippen molar-refractivity contribution in [3.63, 3.8) is 0 Å². The van der Waals surface area contributed by atoms with Gasteiger partial charge in [0, 0.05) is 5.39 Å². The molecule has 2 amide bonds. The van der Waals surface area contributed by atoms with E-state index in [9.17, 15) is 9.59 Å². The smallest absolute Gasteiger partial charge is 0.286 e. The van der Waals surface area contributed by atoms with E-state index < -0.39 is 17.9 Å². The maximum atomic E-state index is 12.4. The number of furan rings is 1. The molecule has 1 aromatic heterocycles. The lowest BCUT2D eigenvalue weighted by Gasteiger charge is -2.14. The molecule has 24 heavy (non-hydrogen) atoms. The zero-order valence-electron chi connectivity index (χ0n) is 13.0. The van der Waals surface area contributed by atoms with Crippen LogP contribution < -0.4 is 15.8 Å². The van der Waals surface area contributed by atoms with Gasteiger partial charge in [0.15, 0.2) is 6.10 Å². The predicted octanol–water partition coefficient (Wildman–Crippen LogP) is 2.94. The molecule has 0 saturated carbocycles. The average molecular weight is 324 g/mol. The van der Waals surface area contributed by atoms with Crippen LogP contribution in [0.25, 0.3) is 11.0 Å². The first-order chi connectivity index (χ1) is 11.6. The lowest BCUT2D eigenvalue weighted by atomic mass is 10.2. The Balaban J connectivity index is 1.85. The van der Waals surface area contributed by atoms with E-state index in [2.05, 4.69) is 5.32 Å². The molecule has 3 rings (SSSR count). The van der Waals surface area contributed by atoms with Crippen LogP contribution in [0, 0.1) is 0 Å². The van der Waals surface area contributed by atoms with Crippen molar-refractivity contribution in [2.45, 2.75) is 13.0 Å². The van der Waals surface area contributed by atoms with Gasteiger partial charge in [-0.2, -0.15) is 0 Å². The summed E-state index contributed by atoms with van der Waals surface area (Å²) in [5.41, 5.74) is 6.07. The number of primary amides is 1. The van der Waals surface area contributed by atoms with E-state index in [4.69, 9.17) is 14.9 Å². The monoisotopic (exact) mass is 324 g/mol. The van der Waals surface area contributed by atoms with E-state index in [0.29, 0.717) is 16.7 Å². The number of nitrogens with two attached hydrogens (primary N) is 1. The van der Waals surface area contributed by atoms with Crippen LogP contribution in [0.5, 0.6) is 5.75 Å². The Morgan fingerprint density at radius 3 is 2.46 bits per heavy atom. The molecule has 1 heterocycles. The second-order valence-corrected chi connectivity index (χ2v) is 5.23. The van der Waals surface area contributed by atoms with Crippen molar-refractivity contribution in [3.8, 4) is 5.75 Å². The Kier molecular flexibility index (Phi) is 4.20. The van der Waals surface area contributed by atoms with Crippen molar-refractivity contribution in [1.82, 2.24) is 0 Å². The molecule has 0 aliphatic rings. The molecule has 0 fully saturated rings. The standard InChI is InChI=1S/C18H16N2O4/c1-11(23-12-7-3-2-4-8-12)18(22)20-15-13-9-5-6-10-14(13)24-16(15)17(19)21/h2-11H,1H3,(H2,19,21)(H,20,22). The number of para-hydroxylation sites is 2. The van der Waals surface area contributed by atoms with Gasteiger partial charge in [0.2, 0.25) is 5.76 Å². The molecule has 122 valence electrons. The van der Waals surface area contributed by atoms with Gasteiger partial charge in [0.25, 0.3) is 11.8 Å². The van der Waals surface area contributed by atoms with Crippen molar-refractivity contribution in [2.24, 2.45) is 5.73 Å². The van der Waals surface area contributed by atoms with Crippen molar-refractivity contribution in [1.29, 1.82) is 0 Å². The van der Waals surface area contributed by atoms with E-state index in [1.54, 1.807) is 43.3 Å². The average Bonchev–Trinajstić information content (AvgIpc) is 2.95. The number of hydrogen-bond donors (Lipinski definition) is 2. The maximum Gasteiger partial charge on any atom is 0.286 e. The van der Waals surface area contributed by atoms with Crippen molar-refractivity contribution < 1.29 is 18.7 Å². The molecular formula is C18H16N2O4. The summed E-state index contributed by atoms with van der Waals surface area (Å²) in [5, 5.41) is 3.28. The number of carbonyl (C=O) groups is 2. The van der Waals surface area contributed by atoms with Gasteiger partial charge in [-0.05, 0) is 31.2 Å². The molecular weight excluding hydrogens is 308 g/mol. The predicted molar refractivity (Wildman–Crippen MR) is 89.9 cm³/mol. The Bertz CT molecular complexity index is 886. The van der Waals surface area contributed by atoms with Gasteiger partial charge >= 0.3 is 0 Å². The summed E-state index contributed by atoms with van der Waals surface area (Å²) in [6, 6.07) is 16.0. The molecule has 1 unspecified atom stereocenters. The SMILES string of the molecule is CC(Oc1ccccc1)C(=O)Nc1c(C(N)=O)oc2ccccc12. The van der Waals surface area contributed by atoms with Gasteiger partial charge in [0.1, 0.15) is 17.0 Å². The Morgan fingerprint density at radius 1 is 1.08 bits per heavy atom. The summed E-state index contributed by atoms with van der Waals surface area (Å²) in [6.07, 6.45) is -0.762. The molecule has 3 aromatic rings.